The number of alkyl halides is 1. The van der Waals surface area contributed by atoms with E-state index < -0.39 is 5.67 Å². The zero-order chi connectivity index (χ0) is 12.8. The number of aryl methyl sites for hydroxylation is 1. The van der Waals surface area contributed by atoms with E-state index in [1.54, 1.807) is 0 Å². The highest BCUT2D eigenvalue weighted by Gasteiger charge is 2.39. The Morgan fingerprint density at radius 1 is 1.50 bits per heavy atom. The quantitative estimate of drug-likeness (QED) is 0.885. The third-order valence-electron chi connectivity index (χ3n) is 3.95. The largest absolute Gasteiger partial charge is 0.331 e. The van der Waals surface area contributed by atoms with Crippen LogP contribution in [0, 0.1) is 0 Å². The maximum absolute atomic E-state index is 14.6. The van der Waals surface area contributed by atoms with Crippen LogP contribution in [0.5, 0.6) is 0 Å². The van der Waals surface area contributed by atoms with Crippen molar-refractivity contribution in [2.45, 2.75) is 37.4 Å². The highest BCUT2D eigenvalue weighted by atomic mass is 19.1. The summed E-state index contributed by atoms with van der Waals surface area (Å²) in [4.78, 5) is 4.53. The van der Waals surface area contributed by atoms with E-state index in [2.05, 4.69) is 4.98 Å². The monoisotopic (exact) mass is 247 g/mol. The SMILES string of the molecule is Cn1c(CC2(F)CCC(N)C2)nc2ccccc21. The van der Waals surface area contributed by atoms with Crippen molar-refractivity contribution in [3.05, 3.63) is 30.1 Å². The summed E-state index contributed by atoms with van der Waals surface area (Å²) in [6.45, 7) is 0. The molecule has 2 atom stereocenters. The Bertz CT molecular complexity index is 577. The molecule has 1 aliphatic rings. The average molecular weight is 247 g/mol. The second kappa shape index (κ2) is 4.05. The molecule has 0 aliphatic heterocycles. The van der Waals surface area contributed by atoms with Crippen LogP contribution < -0.4 is 5.73 Å². The molecule has 0 spiro atoms. The van der Waals surface area contributed by atoms with Crippen molar-refractivity contribution in [2.24, 2.45) is 12.8 Å². The molecule has 96 valence electrons. The number of rotatable bonds is 2. The first kappa shape index (κ1) is 11.7. The van der Waals surface area contributed by atoms with Gasteiger partial charge in [-0.15, -0.1) is 0 Å². The van der Waals surface area contributed by atoms with Crippen LogP contribution in [0.15, 0.2) is 24.3 Å². The number of nitrogens with two attached hydrogens (primary N) is 1. The second-order valence-electron chi connectivity index (χ2n) is 5.41. The van der Waals surface area contributed by atoms with Gasteiger partial charge in [-0.2, -0.15) is 0 Å². The van der Waals surface area contributed by atoms with E-state index in [9.17, 15) is 4.39 Å². The summed E-state index contributed by atoms with van der Waals surface area (Å²) in [7, 11) is 1.95. The van der Waals surface area contributed by atoms with Gasteiger partial charge in [-0.1, -0.05) is 12.1 Å². The van der Waals surface area contributed by atoms with E-state index in [4.69, 9.17) is 5.73 Å². The lowest BCUT2D eigenvalue weighted by Crippen LogP contribution is -2.27. The molecule has 0 radical (unpaired) electrons. The van der Waals surface area contributed by atoms with Crippen LogP contribution in [-0.2, 0) is 13.5 Å². The molecule has 1 aromatic carbocycles. The number of hydrogen-bond donors (Lipinski definition) is 1. The molecule has 18 heavy (non-hydrogen) atoms. The summed E-state index contributed by atoms with van der Waals surface area (Å²) in [5.41, 5.74) is 6.62. The fourth-order valence-electron chi connectivity index (χ4n) is 2.92. The topological polar surface area (TPSA) is 43.8 Å². The zero-order valence-electron chi connectivity index (χ0n) is 10.6. The van der Waals surface area contributed by atoms with Crippen molar-refractivity contribution < 1.29 is 4.39 Å². The van der Waals surface area contributed by atoms with E-state index >= 15 is 0 Å². The lowest BCUT2D eigenvalue weighted by molar-refractivity contribution is 0.166. The van der Waals surface area contributed by atoms with Crippen LogP contribution >= 0.6 is 0 Å². The minimum absolute atomic E-state index is 0.00434. The first-order valence-electron chi connectivity index (χ1n) is 6.42. The summed E-state index contributed by atoms with van der Waals surface area (Å²) >= 11 is 0. The van der Waals surface area contributed by atoms with Crippen LogP contribution in [0.2, 0.25) is 0 Å². The molecule has 2 unspecified atom stereocenters. The first-order chi connectivity index (χ1) is 8.57. The minimum atomic E-state index is -1.17. The number of para-hydroxylation sites is 2. The number of fused-ring (bicyclic) bond motifs is 1. The van der Waals surface area contributed by atoms with E-state index in [-0.39, 0.29) is 6.04 Å². The van der Waals surface area contributed by atoms with Crippen LogP contribution in [0.1, 0.15) is 25.1 Å². The first-order valence-corrected chi connectivity index (χ1v) is 6.42. The summed E-state index contributed by atoms with van der Waals surface area (Å²) in [5.74, 6) is 0.813. The minimum Gasteiger partial charge on any atom is -0.331 e. The Kier molecular flexibility index (Phi) is 2.63. The maximum Gasteiger partial charge on any atom is 0.119 e. The standard InChI is InChI=1S/C14H18FN3/c1-18-12-5-3-2-4-11(12)17-13(18)9-14(15)7-6-10(16)8-14/h2-5,10H,6-9,16H2,1H3. The van der Waals surface area contributed by atoms with Gasteiger partial charge in [0.1, 0.15) is 11.5 Å². The lowest BCUT2D eigenvalue weighted by Gasteiger charge is -2.18. The number of nitrogens with zero attached hydrogens (tertiary/aromatic N) is 2. The Morgan fingerprint density at radius 2 is 2.28 bits per heavy atom. The van der Waals surface area contributed by atoms with Crippen molar-refractivity contribution in [1.82, 2.24) is 9.55 Å². The maximum atomic E-state index is 14.6. The summed E-state index contributed by atoms with van der Waals surface area (Å²) in [6.07, 6.45) is 2.15. The average Bonchev–Trinajstić information content (AvgIpc) is 2.82. The van der Waals surface area contributed by atoms with Gasteiger partial charge in [-0.25, -0.2) is 9.37 Å². The lowest BCUT2D eigenvalue weighted by atomic mass is 9.99. The van der Waals surface area contributed by atoms with Gasteiger partial charge in [0, 0.05) is 19.5 Å². The highest BCUT2D eigenvalue weighted by molar-refractivity contribution is 5.75. The van der Waals surface area contributed by atoms with Gasteiger partial charge in [0.25, 0.3) is 0 Å². The molecule has 1 aliphatic carbocycles. The zero-order valence-corrected chi connectivity index (χ0v) is 10.6. The molecular weight excluding hydrogens is 229 g/mol. The Morgan fingerprint density at radius 3 is 2.94 bits per heavy atom. The number of halogens is 1. The van der Waals surface area contributed by atoms with E-state index in [0.717, 1.165) is 23.3 Å². The van der Waals surface area contributed by atoms with Crippen LogP contribution in [0.3, 0.4) is 0 Å². The van der Waals surface area contributed by atoms with E-state index in [1.807, 2.05) is 35.9 Å². The summed E-state index contributed by atoms with van der Waals surface area (Å²) in [5, 5.41) is 0. The molecular formula is C14H18FN3. The number of aromatic nitrogens is 2. The van der Waals surface area contributed by atoms with Crippen LogP contribution in [0.4, 0.5) is 4.39 Å². The molecule has 1 heterocycles. The predicted molar refractivity (Wildman–Crippen MR) is 70.1 cm³/mol. The summed E-state index contributed by atoms with van der Waals surface area (Å²) in [6, 6.07) is 7.91. The fourth-order valence-corrected chi connectivity index (χ4v) is 2.92. The van der Waals surface area contributed by atoms with Gasteiger partial charge >= 0.3 is 0 Å². The van der Waals surface area contributed by atoms with Gasteiger partial charge in [-0.3, -0.25) is 0 Å². The molecule has 1 aromatic heterocycles. The number of benzene rings is 1. The van der Waals surface area contributed by atoms with Gasteiger partial charge in [0.2, 0.25) is 0 Å². The van der Waals surface area contributed by atoms with E-state index in [0.29, 0.717) is 19.3 Å². The van der Waals surface area contributed by atoms with Crippen LogP contribution in [-0.4, -0.2) is 21.3 Å². The molecule has 2 N–H and O–H groups in total. The molecule has 1 fully saturated rings. The Balaban J connectivity index is 1.93. The predicted octanol–water partition coefficient (Wildman–Crippen LogP) is 2.34. The van der Waals surface area contributed by atoms with Crippen molar-refractivity contribution in [3.63, 3.8) is 0 Å². The third kappa shape index (κ3) is 1.90. The molecule has 0 amide bonds. The van der Waals surface area contributed by atoms with E-state index in [1.165, 1.54) is 0 Å². The van der Waals surface area contributed by atoms with Crippen LogP contribution in [0.25, 0.3) is 11.0 Å². The Hall–Kier alpha value is -1.42. The fraction of sp³-hybridized carbons (Fsp3) is 0.500. The van der Waals surface area contributed by atoms with Gasteiger partial charge in [0.05, 0.1) is 11.0 Å². The highest BCUT2D eigenvalue weighted by Crippen LogP contribution is 2.35. The van der Waals surface area contributed by atoms with Gasteiger partial charge in [-0.05, 0) is 31.4 Å². The molecule has 0 bridgehead atoms. The molecule has 0 saturated heterocycles. The molecule has 3 nitrogen and oxygen atoms in total. The smallest absolute Gasteiger partial charge is 0.119 e. The molecule has 3 rings (SSSR count). The summed E-state index contributed by atoms with van der Waals surface area (Å²) < 4.78 is 16.6. The molecule has 1 saturated carbocycles. The number of imidazole rings is 1. The second-order valence-corrected chi connectivity index (χ2v) is 5.41. The van der Waals surface area contributed by atoms with Crippen molar-refractivity contribution >= 4 is 11.0 Å². The van der Waals surface area contributed by atoms with Crippen molar-refractivity contribution in [2.75, 3.05) is 0 Å². The third-order valence-corrected chi connectivity index (χ3v) is 3.95. The van der Waals surface area contributed by atoms with Crippen molar-refractivity contribution in [1.29, 1.82) is 0 Å². The molecule has 4 heteroatoms. The number of hydrogen-bond acceptors (Lipinski definition) is 2. The van der Waals surface area contributed by atoms with Crippen molar-refractivity contribution in [3.8, 4) is 0 Å². The van der Waals surface area contributed by atoms with Gasteiger partial charge in [0.15, 0.2) is 0 Å². The van der Waals surface area contributed by atoms with Gasteiger partial charge < -0.3 is 10.3 Å². The normalized spacial score (nSPS) is 28.1. The molecule has 2 aromatic rings. The Labute approximate surface area is 106 Å².